The quantitative estimate of drug-likeness (QED) is 0.478. The molecule has 0 saturated heterocycles. The van der Waals surface area contributed by atoms with E-state index in [1.807, 2.05) is 12.1 Å². The highest BCUT2D eigenvalue weighted by atomic mass is 19.4. The van der Waals surface area contributed by atoms with Gasteiger partial charge in [-0.25, -0.2) is 0 Å². The number of hydrogen-bond acceptors (Lipinski definition) is 4. The Hall–Kier alpha value is -3.81. The maximum absolute atomic E-state index is 13.6. The molecule has 0 spiro atoms. The second-order valence-electron chi connectivity index (χ2n) is 6.99. The molecule has 1 aliphatic heterocycles. The molecule has 4 rings (SSSR count). The molecule has 3 N–H and O–H groups in total. The summed E-state index contributed by atoms with van der Waals surface area (Å²) in [5.74, 6) is -0.306. The van der Waals surface area contributed by atoms with Gasteiger partial charge in [0.1, 0.15) is 0 Å². The van der Waals surface area contributed by atoms with Gasteiger partial charge in [0.2, 0.25) is 0 Å². The number of aromatic nitrogens is 1. The number of pyridine rings is 1. The lowest BCUT2D eigenvalue weighted by Gasteiger charge is -2.16. The number of rotatable bonds is 6. The van der Waals surface area contributed by atoms with Crippen LogP contribution in [0.4, 0.5) is 30.2 Å². The molecule has 3 aromatic rings. The molecule has 0 saturated carbocycles. The van der Waals surface area contributed by atoms with Crippen molar-refractivity contribution in [2.75, 3.05) is 22.5 Å². The van der Waals surface area contributed by atoms with Crippen molar-refractivity contribution in [3.63, 3.8) is 0 Å². The molecule has 8 heteroatoms. The second kappa shape index (κ2) is 8.51. The van der Waals surface area contributed by atoms with Gasteiger partial charge in [-0.3, -0.25) is 9.78 Å². The fourth-order valence-corrected chi connectivity index (χ4v) is 3.35. The first kappa shape index (κ1) is 20.5. The number of nitrogens with zero attached hydrogens (tertiary/aromatic N) is 1. The average molecular weight is 424 g/mol. The zero-order chi connectivity index (χ0) is 21.8. The van der Waals surface area contributed by atoms with E-state index in [0.717, 1.165) is 11.6 Å². The van der Waals surface area contributed by atoms with E-state index in [9.17, 15) is 18.0 Å². The first-order valence-corrected chi connectivity index (χ1v) is 9.63. The SMILES string of the molecule is O=C1Nc2ccccc2/C1=C\Nc1ccc(NCCc2ccncc2)c(C(F)(F)F)c1. The molecule has 0 radical (unpaired) electrons. The van der Waals surface area contributed by atoms with Gasteiger partial charge in [-0.15, -0.1) is 0 Å². The lowest BCUT2D eigenvalue weighted by atomic mass is 10.1. The molecule has 1 amide bonds. The minimum Gasteiger partial charge on any atom is -0.384 e. The molecule has 5 nitrogen and oxygen atoms in total. The summed E-state index contributed by atoms with van der Waals surface area (Å²) in [6.07, 6.45) is 0.762. The Balaban J connectivity index is 1.51. The normalized spacial score (nSPS) is 14.3. The summed E-state index contributed by atoms with van der Waals surface area (Å²) < 4.78 is 40.9. The number of nitrogens with one attached hydrogen (secondary N) is 3. The van der Waals surface area contributed by atoms with Crippen molar-refractivity contribution in [3.8, 4) is 0 Å². The maximum Gasteiger partial charge on any atom is 0.418 e. The number of halogens is 3. The highest BCUT2D eigenvalue weighted by Crippen LogP contribution is 2.37. The van der Waals surface area contributed by atoms with Crippen molar-refractivity contribution in [1.82, 2.24) is 4.98 Å². The van der Waals surface area contributed by atoms with Crippen LogP contribution >= 0.6 is 0 Å². The minimum atomic E-state index is -4.53. The average Bonchev–Trinajstić information content (AvgIpc) is 3.08. The molecular formula is C23H19F3N4O. The largest absolute Gasteiger partial charge is 0.418 e. The summed E-state index contributed by atoms with van der Waals surface area (Å²) in [6, 6.07) is 14.7. The van der Waals surface area contributed by atoms with Gasteiger partial charge in [-0.2, -0.15) is 13.2 Å². The van der Waals surface area contributed by atoms with Gasteiger partial charge in [-0.1, -0.05) is 18.2 Å². The Bertz CT molecular complexity index is 1130. The van der Waals surface area contributed by atoms with Gasteiger partial charge in [-0.05, 0) is 48.4 Å². The number of amides is 1. The van der Waals surface area contributed by atoms with E-state index in [0.29, 0.717) is 29.8 Å². The Morgan fingerprint density at radius 1 is 1.03 bits per heavy atom. The lowest BCUT2D eigenvalue weighted by molar-refractivity contribution is -0.136. The van der Waals surface area contributed by atoms with Crippen molar-refractivity contribution in [1.29, 1.82) is 0 Å². The van der Waals surface area contributed by atoms with Gasteiger partial charge in [0.25, 0.3) is 5.91 Å². The van der Waals surface area contributed by atoms with Crippen molar-refractivity contribution < 1.29 is 18.0 Å². The first-order chi connectivity index (χ1) is 14.9. The molecule has 1 aromatic heterocycles. The van der Waals surface area contributed by atoms with Crippen molar-refractivity contribution in [3.05, 3.63) is 89.9 Å². The molecule has 0 unspecified atom stereocenters. The van der Waals surface area contributed by atoms with Crippen molar-refractivity contribution in [2.45, 2.75) is 12.6 Å². The van der Waals surface area contributed by atoms with Crippen LogP contribution in [-0.2, 0) is 17.4 Å². The summed E-state index contributed by atoms with van der Waals surface area (Å²) in [7, 11) is 0. The van der Waals surface area contributed by atoms with Crippen LogP contribution in [0.1, 0.15) is 16.7 Å². The number of carbonyl (C=O) groups is 1. The fourth-order valence-electron chi connectivity index (χ4n) is 3.35. The van der Waals surface area contributed by atoms with Crippen LogP contribution in [0.3, 0.4) is 0 Å². The molecule has 2 heterocycles. The standard InChI is InChI=1S/C23H19F3N4O/c24-23(25,26)19-13-16(5-6-21(19)28-12-9-15-7-10-27-11-8-15)29-14-18-17-3-1-2-4-20(17)30-22(18)31/h1-8,10-11,13-14,28-29H,9,12H2,(H,30,31)/b18-14+. The van der Waals surface area contributed by atoms with Gasteiger partial charge >= 0.3 is 6.18 Å². The third-order valence-electron chi connectivity index (χ3n) is 4.90. The zero-order valence-corrected chi connectivity index (χ0v) is 16.3. The molecule has 31 heavy (non-hydrogen) atoms. The summed E-state index contributed by atoms with van der Waals surface area (Å²) >= 11 is 0. The Morgan fingerprint density at radius 3 is 2.58 bits per heavy atom. The molecular weight excluding hydrogens is 405 g/mol. The Labute approximate surface area is 177 Å². The van der Waals surface area contributed by atoms with E-state index in [4.69, 9.17) is 0 Å². The second-order valence-corrected chi connectivity index (χ2v) is 6.99. The predicted molar refractivity (Wildman–Crippen MR) is 115 cm³/mol. The molecule has 0 aliphatic carbocycles. The van der Waals surface area contributed by atoms with Crippen molar-refractivity contribution >= 4 is 28.5 Å². The van der Waals surface area contributed by atoms with Crippen LogP contribution in [0, 0.1) is 0 Å². The van der Waals surface area contributed by atoms with Gasteiger partial charge in [0.15, 0.2) is 0 Å². The van der Waals surface area contributed by atoms with Gasteiger partial charge < -0.3 is 16.0 Å². The Morgan fingerprint density at radius 2 is 1.81 bits per heavy atom. The number of hydrogen-bond donors (Lipinski definition) is 3. The first-order valence-electron chi connectivity index (χ1n) is 9.63. The lowest BCUT2D eigenvalue weighted by Crippen LogP contribution is -2.13. The molecule has 2 aromatic carbocycles. The Kier molecular flexibility index (Phi) is 5.62. The number of para-hydroxylation sites is 1. The van der Waals surface area contributed by atoms with Crippen LogP contribution in [0.15, 0.2) is 73.2 Å². The summed E-state index contributed by atoms with van der Waals surface area (Å²) in [4.78, 5) is 16.1. The van der Waals surface area contributed by atoms with E-state index < -0.39 is 11.7 Å². The van der Waals surface area contributed by atoms with E-state index in [1.165, 1.54) is 12.3 Å². The van der Waals surface area contributed by atoms with E-state index in [-0.39, 0.29) is 17.3 Å². The highest BCUT2D eigenvalue weighted by molar-refractivity contribution is 6.31. The monoisotopic (exact) mass is 424 g/mol. The van der Waals surface area contributed by atoms with E-state index in [1.54, 1.807) is 42.7 Å². The minimum absolute atomic E-state index is 0.00344. The number of carbonyl (C=O) groups excluding carboxylic acids is 1. The molecule has 1 aliphatic rings. The molecule has 0 fully saturated rings. The van der Waals surface area contributed by atoms with E-state index in [2.05, 4.69) is 20.9 Å². The highest BCUT2D eigenvalue weighted by Gasteiger charge is 2.34. The molecule has 0 bridgehead atoms. The fraction of sp³-hybridized carbons (Fsp3) is 0.130. The molecule has 158 valence electrons. The van der Waals surface area contributed by atoms with Crippen LogP contribution in [0.25, 0.3) is 5.57 Å². The van der Waals surface area contributed by atoms with Crippen LogP contribution in [-0.4, -0.2) is 17.4 Å². The van der Waals surface area contributed by atoms with E-state index >= 15 is 0 Å². The topological polar surface area (TPSA) is 66.1 Å². The smallest absolute Gasteiger partial charge is 0.384 e. The third kappa shape index (κ3) is 4.69. The predicted octanol–water partition coefficient (Wildman–Crippen LogP) is 5.16. The summed E-state index contributed by atoms with van der Waals surface area (Å²) in [5.41, 5.74) is 2.18. The maximum atomic E-state index is 13.6. The van der Waals surface area contributed by atoms with Crippen LogP contribution in [0.5, 0.6) is 0 Å². The van der Waals surface area contributed by atoms with Gasteiger partial charge in [0, 0.05) is 47.8 Å². The van der Waals surface area contributed by atoms with Gasteiger partial charge in [0.05, 0.1) is 11.1 Å². The number of anilines is 3. The number of benzene rings is 2. The zero-order valence-electron chi connectivity index (χ0n) is 16.3. The number of alkyl halides is 3. The molecule has 0 atom stereocenters. The van der Waals surface area contributed by atoms with Crippen LogP contribution < -0.4 is 16.0 Å². The van der Waals surface area contributed by atoms with Crippen molar-refractivity contribution in [2.24, 2.45) is 0 Å². The third-order valence-corrected chi connectivity index (χ3v) is 4.90. The van der Waals surface area contributed by atoms with Crippen LogP contribution in [0.2, 0.25) is 0 Å². The number of fused-ring (bicyclic) bond motifs is 1. The summed E-state index contributed by atoms with van der Waals surface area (Å²) in [5, 5.41) is 8.41. The summed E-state index contributed by atoms with van der Waals surface area (Å²) in [6.45, 7) is 0.348.